The van der Waals surface area contributed by atoms with Crippen LogP contribution < -0.4 is 5.32 Å². The van der Waals surface area contributed by atoms with Gasteiger partial charge in [-0.05, 0) is 13.3 Å². The number of rotatable bonds is 4. The third-order valence-corrected chi connectivity index (χ3v) is 2.45. The van der Waals surface area contributed by atoms with Crippen LogP contribution in [0.2, 0.25) is 5.15 Å². The molecule has 0 aliphatic rings. The Labute approximate surface area is 81.5 Å². The Morgan fingerprint density at radius 2 is 2.33 bits per heavy atom. The second-order valence-electron chi connectivity index (χ2n) is 2.74. The topological polar surface area (TPSA) is 37.8 Å². The molecule has 0 unspecified atom stereocenters. The number of nitrogens with one attached hydrogen (secondary N) is 1. The van der Waals surface area contributed by atoms with E-state index < -0.39 is 0 Å². The van der Waals surface area contributed by atoms with E-state index in [0.29, 0.717) is 17.0 Å². The summed E-state index contributed by atoms with van der Waals surface area (Å²) in [5.74, 6) is 0.711. The predicted molar refractivity (Wildman–Crippen MR) is 52.9 cm³/mol. The van der Waals surface area contributed by atoms with Crippen molar-refractivity contribution in [2.75, 3.05) is 5.32 Å². The molecule has 1 aromatic rings. The molecule has 1 atom stereocenters. The van der Waals surface area contributed by atoms with Gasteiger partial charge in [0.2, 0.25) is 0 Å². The van der Waals surface area contributed by atoms with Crippen LogP contribution in [0.5, 0.6) is 0 Å². The molecule has 0 aliphatic heterocycles. The van der Waals surface area contributed by atoms with Gasteiger partial charge in [-0.3, -0.25) is 0 Å². The molecule has 0 saturated carbocycles. The number of aromatic nitrogens is 2. The zero-order valence-corrected chi connectivity index (χ0v) is 8.74. The van der Waals surface area contributed by atoms with Crippen LogP contribution in [0, 0.1) is 0 Å². The van der Waals surface area contributed by atoms with Crippen molar-refractivity contribution in [2.45, 2.75) is 32.7 Å². The van der Waals surface area contributed by atoms with Gasteiger partial charge in [-0.15, -0.1) is 0 Å². The molecule has 0 aliphatic carbocycles. The molecule has 0 saturated heterocycles. The summed E-state index contributed by atoms with van der Waals surface area (Å²) in [6, 6.07) is 0.413. The molecule has 0 amide bonds. The van der Waals surface area contributed by atoms with E-state index in [4.69, 9.17) is 11.6 Å². The monoisotopic (exact) mass is 205 g/mol. The third kappa shape index (κ3) is 2.60. The molecule has 0 radical (unpaired) electrons. The van der Waals surface area contributed by atoms with Crippen LogP contribution in [-0.4, -0.2) is 14.8 Å². The third-order valence-electron chi connectivity index (χ3n) is 1.55. The van der Waals surface area contributed by atoms with Crippen molar-refractivity contribution in [3.63, 3.8) is 0 Å². The lowest BCUT2D eigenvalue weighted by molar-refractivity contribution is 0.688. The van der Waals surface area contributed by atoms with Gasteiger partial charge in [-0.2, -0.15) is 8.75 Å². The largest absolute Gasteiger partial charge is 0.364 e. The molecule has 0 aromatic carbocycles. The summed E-state index contributed by atoms with van der Waals surface area (Å²) in [6.45, 7) is 4.26. The van der Waals surface area contributed by atoms with Crippen molar-refractivity contribution < 1.29 is 0 Å². The lowest BCUT2D eigenvalue weighted by atomic mass is 10.2. The van der Waals surface area contributed by atoms with E-state index in [0.717, 1.165) is 24.6 Å². The number of hydrogen-bond acceptors (Lipinski definition) is 4. The highest BCUT2D eigenvalue weighted by Gasteiger charge is 2.07. The molecule has 1 aromatic heterocycles. The fraction of sp³-hybridized carbons (Fsp3) is 0.714. The summed E-state index contributed by atoms with van der Waals surface area (Å²) < 4.78 is 7.89. The van der Waals surface area contributed by atoms with Crippen LogP contribution >= 0.6 is 23.3 Å². The minimum absolute atomic E-state index is 0.413. The molecular formula is C7H12ClN3S. The molecule has 0 bridgehead atoms. The Kier molecular flexibility index (Phi) is 3.75. The van der Waals surface area contributed by atoms with E-state index in [1.165, 1.54) is 0 Å². The van der Waals surface area contributed by atoms with Crippen molar-refractivity contribution in [1.82, 2.24) is 8.75 Å². The van der Waals surface area contributed by atoms with Gasteiger partial charge in [0.05, 0.1) is 11.7 Å². The van der Waals surface area contributed by atoms with Crippen molar-refractivity contribution in [3.8, 4) is 0 Å². The molecule has 12 heavy (non-hydrogen) atoms. The summed E-state index contributed by atoms with van der Waals surface area (Å²) in [5, 5.41) is 3.67. The van der Waals surface area contributed by atoms with Crippen LogP contribution in [0.4, 0.5) is 5.82 Å². The van der Waals surface area contributed by atoms with E-state index in [9.17, 15) is 0 Å². The van der Waals surface area contributed by atoms with E-state index in [-0.39, 0.29) is 0 Å². The molecule has 0 spiro atoms. The summed E-state index contributed by atoms with van der Waals surface area (Å²) >= 11 is 6.89. The van der Waals surface area contributed by atoms with Gasteiger partial charge in [0.15, 0.2) is 11.0 Å². The molecule has 3 nitrogen and oxygen atoms in total. The van der Waals surface area contributed by atoms with Gasteiger partial charge < -0.3 is 5.32 Å². The van der Waals surface area contributed by atoms with Crippen molar-refractivity contribution >= 4 is 29.1 Å². The standard InChI is InChI=1S/C7H12ClN3S/c1-3-4-5(2)9-7-6(8)10-12-11-7/h5H,3-4H2,1-2H3,(H,9,11)/t5-/m1/s1. The molecule has 1 N–H and O–H groups in total. The Bertz CT molecular complexity index is 238. The first kappa shape index (κ1) is 9.74. The molecule has 5 heteroatoms. The minimum Gasteiger partial charge on any atom is -0.364 e. The average Bonchev–Trinajstić information content (AvgIpc) is 2.37. The maximum Gasteiger partial charge on any atom is 0.186 e. The van der Waals surface area contributed by atoms with E-state index in [1.54, 1.807) is 0 Å². The summed E-state index contributed by atoms with van der Waals surface area (Å²) in [5.41, 5.74) is 0. The van der Waals surface area contributed by atoms with E-state index >= 15 is 0 Å². The Hall–Kier alpha value is -0.350. The highest BCUT2D eigenvalue weighted by atomic mass is 35.5. The molecular weight excluding hydrogens is 194 g/mol. The van der Waals surface area contributed by atoms with Crippen molar-refractivity contribution in [1.29, 1.82) is 0 Å². The summed E-state index contributed by atoms with van der Waals surface area (Å²) in [4.78, 5) is 0. The smallest absolute Gasteiger partial charge is 0.186 e. The van der Waals surface area contributed by atoms with Gasteiger partial charge in [0, 0.05) is 6.04 Å². The Morgan fingerprint density at radius 3 is 2.83 bits per heavy atom. The van der Waals surface area contributed by atoms with Crippen LogP contribution in [0.15, 0.2) is 0 Å². The quantitative estimate of drug-likeness (QED) is 0.822. The fourth-order valence-corrected chi connectivity index (χ4v) is 1.66. The van der Waals surface area contributed by atoms with Crippen LogP contribution in [-0.2, 0) is 0 Å². The summed E-state index contributed by atoms with van der Waals surface area (Å²) in [7, 11) is 0. The number of halogens is 1. The number of anilines is 1. The minimum atomic E-state index is 0.413. The van der Waals surface area contributed by atoms with Gasteiger partial charge in [0.25, 0.3) is 0 Å². The van der Waals surface area contributed by atoms with E-state index in [1.807, 2.05) is 0 Å². The van der Waals surface area contributed by atoms with Crippen LogP contribution in [0.3, 0.4) is 0 Å². The predicted octanol–water partition coefficient (Wildman–Crippen LogP) is 2.79. The lowest BCUT2D eigenvalue weighted by Gasteiger charge is -2.10. The number of hydrogen-bond donors (Lipinski definition) is 1. The maximum absolute atomic E-state index is 5.76. The van der Waals surface area contributed by atoms with E-state index in [2.05, 4.69) is 27.9 Å². The molecule has 1 heterocycles. The first-order valence-electron chi connectivity index (χ1n) is 3.98. The highest BCUT2D eigenvalue weighted by molar-refractivity contribution is 6.99. The number of nitrogens with zero attached hydrogens (tertiary/aromatic N) is 2. The molecule has 68 valence electrons. The normalized spacial score (nSPS) is 12.9. The summed E-state index contributed by atoms with van der Waals surface area (Å²) in [6.07, 6.45) is 2.28. The van der Waals surface area contributed by atoms with Gasteiger partial charge in [-0.25, -0.2) is 0 Å². The first-order chi connectivity index (χ1) is 5.74. The lowest BCUT2D eigenvalue weighted by Crippen LogP contribution is -2.14. The van der Waals surface area contributed by atoms with Gasteiger partial charge >= 0.3 is 0 Å². The maximum atomic E-state index is 5.76. The second kappa shape index (κ2) is 4.62. The Balaban J connectivity index is 2.46. The highest BCUT2D eigenvalue weighted by Crippen LogP contribution is 2.19. The second-order valence-corrected chi connectivity index (χ2v) is 3.62. The van der Waals surface area contributed by atoms with Crippen molar-refractivity contribution in [3.05, 3.63) is 5.15 Å². The van der Waals surface area contributed by atoms with Crippen LogP contribution in [0.25, 0.3) is 0 Å². The van der Waals surface area contributed by atoms with Gasteiger partial charge in [-0.1, -0.05) is 24.9 Å². The van der Waals surface area contributed by atoms with Gasteiger partial charge in [0.1, 0.15) is 0 Å². The first-order valence-corrected chi connectivity index (χ1v) is 5.09. The Morgan fingerprint density at radius 1 is 1.58 bits per heavy atom. The zero-order chi connectivity index (χ0) is 8.97. The van der Waals surface area contributed by atoms with Crippen molar-refractivity contribution in [2.24, 2.45) is 0 Å². The average molecular weight is 206 g/mol. The molecule has 1 rings (SSSR count). The fourth-order valence-electron chi connectivity index (χ4n) is 1.00. The molecule has 0 fully saturated rings. The zero-order valence-electron chi connectivity index (χ0n) is 7.17. The van der Waals surface area contributed by atoms with Crippen LogP contribution in [0.1, 0.15) is 26.7 Å². The SMILES string of the molecule is CCC[C@@H](C)Nc1nsnc1Cl.